The fourth-order valence-corrected chi connectivity index (χ4v) is 1.47. The molecule has 0 aromatic heterocycles. The summed E-state index contributed by atoms with van der Waals surface area (Å²) in [7, 11) is 0. The lowest BCUT2D eigenvalue weighted by atomic mass is 10.1. The topological polar surface area (TPSA) is 86.6 Å². The molecule has 1 rings (SSSR count). The van der Waals surface area contributed by atoms with Gasteiger partial charge in [-0.1, -0.05) is 6.07 Å². The van der Waals surface area contributed by atoms with Gasteiger partial charge in [-0.2, -0.15) is 0 Å². The van der Waals surface area contributed by atoms with E-state index in [1.165, 1.54) is 6.07 Å². The minimum absolute atomic E-state index is 0.00772. The maximum absolute atomic E-state index is 12.9. The number of carboxylic acid groups (broad SMARTS) is 2. The van der Waals surface area contributed by atoms with E-state index < -0.39 is 29.6 Å². The van der Waals surface area contributed by atoms with Crippen LogP contribution in [0.1, 0.15) is 18.4 Å². The third-order valence-electron chi connectivity index (χ3n) is 2.48. The minimum Gasteiger partial charge on any atom is -0.481 e. The van der Waals surface area contributed by atoms with Gasteiger partial charge in [0.25, 0.3) is 0 Å². The molecule has 104 valence electrons. The molecule has 0 saturated carbocycles. The summed E-state index contributed by atoms with van der Waals surface area (Å²) in [6.45, 7) is 0.00772. The molecule has 0 radical (unpaired) electrons. The Bertz CT molecular complexity index is 479. The van der Waals surface area contributed by atoms with Crippen molar-refractivity contribution in [2.45, 2.75) is 25.4 Å². The molecule has 5 nitrogen and oxygen atoms in total. The number of carbonyl (C=O) groups is 2. The second-order valence-corrected chi connectivity index (χ2v) is 3.95. The maximum atomic E-state index is 12.9. The highest BCUT2D eigenvalue weighted by molar-refractivity contribution is 5.75. The number of rotatable bonds is 7. The standard InChI is InChI=1S/C12H13F2NO4/c13-8-2-1-7(5-9(8)14)6-15-10(12(18)19)3-4-11(16)17/h1-2,5,10,15H,3-4,6H2,(H,16,17)(H,18,19). The van der Waals surface area contributed by atoms with E-state index in [0.717, 1.165) is 12.1 Å². The molecule has 1 aromatic rings. The minimum atomic E-state index is -1.19. The Balaban J connectivity index is 2.57. The quantitative estimate of drug-likeness (QED) is 0.698. The fourth-order valence-electron chi connectivity index (χ4n) is 1.47. The molecule has 7 heteroatoms. The van der Waals surface area contributed by atoms with E-state index in [1.807, 2.05) is 0 Å². The first-order valence-corrected chi connectivity index (χ1v) is 5.52. The van der Waals surface area contributed by atoms with Crippen molar-refractivity contribution in [3.8, 4) is 0 Å². The molecular formula is C12H13F2NO4. The third-order valence-corrected chi connectivity index (χ3v) is 2.48. The predicted octanol–water partition coefficient (Wildman–Crippen LogP) is 1.37. The lowest BCUT2D eigenvalue weighted by Crippen LogP contribution is -2.36. The van der Waals surface area contributed by atoms with Crippen molar-refractivity contribution in [3.63, 3.8) is 0 Å². The van der Waals surface area contributed by atoms with Crippen molar-refractivity contribution in [1.29, 1.82) is 0 Å². The zero-order valence-electron chi connectivity index (χ0n) is 9.90. The van der Waals surface area contributed by atoms with Crippen LogP contribution in [0.2, 0.25) is 0 Å². The van der Waals surface area contributed by atoms with Gasteiger partial charge in [-0.05, 0) is 24.1 Å². The number of carboxylic acids is 2. The largest absolute Gasteiger partial charge is 0.481 e. The van der Waals surface area contributed by atoms with Crippen LogP contribution in [-0.4, -0.2) is 28.2 Å². The average Bonchev–Trinajstić information content (AvgIpc) is 2.32. The summed E-state index contributed by atoms with van der Waals surface area (Å²) in [6, 6.07) is 2.17. The van der Waals surface area contributed by atoms with E-state index in [0.29, 0.717) is 5.56 Å². The van der Waals surface area contributed by atoms with Crippen LogP contribution in [0.3, 0.4) is 0 Å². The first kappa shape index (κ1) is 15.0. The Morgan fingerprint density at radius 3 is 2.42 bits per heavy atom. The van der Waals surface area contributed by atoms with Gasteiger partial charge >= 0.3 is 11.9 Å². The highest BCUT2D eigenvalue weighted by Gasteiger charge is 2.18. The van der Waals surface area contributed by atoms with Gasteiger partial charge in [0.2, 0.25) is 0 Å². The van der Waals surface area contributed by atoms with Crippen LogP contribution in [-0.2, 0) is 16.1 Å². The Morgan fingerprint density at radius 1 is 1.21 bits per heavy atom. The fraction of sp³-hybridized carbons (Fsp3) is 0.333. The summed E-state index contributed by atoms with van der Waals surface area (Å²) in [6.07, 6.45) is -0.379. The van der Waals surface area contributed by atoms with E-state index in [-0.39, 0.29) is 19.4 Å². The molecular weight excluding hydrogens is 260 g/mol. The summed E-state index contributed by atoms with van der Waals surface area (Å²) in [5.74, 6) is -4.29. The lowest BCUT2D eigenvalue weighted by molar-refractivity contribution is -0.140. The zero-order chi connectivity index (χ0) is 14.4. The van der Waals surface area contributed by atoms with E-state index in [9.17, 15) is 18.4 Å². The number of benzene rings is 1. The molecule has 3 N–H and O–H groups in total. The lowest BCUT2D eigenvalue weighted by Gasteiger charge is -2.13. The van der Waals surface area contributed by atoms with Crippen molar-refractivity contribution in [2.75, 3.05) is 0 Å². The average molecular weight is 273 g/mol. The second kappa shape index (κ2) is 6.79. The Hall–Kier alpha value is -2.02. The molecule has 0 fully saturated rings. The van der Waals surface area contributed by atoms with Gasteiger partial charge in [0.05, 0.1) is 0 Å². The Kier molecular flexibility index (Phi) is 5.37. The normalized spacial score (nSPS) is 12.1. The van der Waals surface area contributed by atoms with Crippen molar-refractivity contribution in [1.82, 2.24) is 5.32 Å². The molecule has 0 saturated heterocycles. The molecule has 0 heterocycles. The second-order valence-electron chi connectivity index (χ2n) is 3.95. The van der Waals surface area contributed by atoms with Crippen molar-refractivity contribution in [2.24, 2.45) is 0 Å². The number of hydrogen-bond acceptors (Lipinski definition) is 3. The SMILES string of the molecule is O=C(O)CCC(NCc1ccc(F)c(F)c1)C(=O)O. The summed E-state index contributed by atoms with van der Waals surface area (Å²) in [5.41, 5.74) is 0.375. The first-order chi connectivity index (χ1) is 8.90. The van der Waals surface area contributed by atoms with Gasteiger partial charge in [-0.25, -0.2) is 8.78 Å². The molecule has 1 atom stereocenters. The number of nitrogens with one attached hydrogen (secondary N) is 1. The van der Waals surface area contributed by atoms with Crippen LogP contribution in [0.15, 0.2) is 18.2 Å². The maximum Gasteiger partial charge on any atom is 0.320 e. The molecule has 1 aromatic carbocycles. The van der Waals surface area contributed by atoms with Gasteiger partial charge in [0.15, 0.2) is 11.6 Å². The summed E-state index contributed by atoms with van der Waals surface area (Å²) >= 11 is 0. The van der Waals surface area contributed by atoms with Gasteiger partial charge in [0.1, 0.15) is 6.04 Å². The van der Waals surface area contributed by atoms with Crippen molar-refractivity contribution in [3.05, 3.63) is 35.4 Å². The predicted molar refractivity (Wildman–Crippen MR) is 61.5 cm³/mol. The number of halogens is 2. The Labute approximate surface area is 107 Å². The molecule has 1 unspecified atom stereocenters. The highest BCUT2D eigenvalue weighted by Crippen LogP contribution is 2.09. The number of aliphatic carboxylic acids is 2. The van der Waals surface area contributed by atoms with E-state index >= 15 is 0 Å². The van der Waals surface area contributed by atoms with Crippen molar-refractivity contribution < 1.29 is 28.6 Å². The molecule has 0 aliphatic rings. The van der Waals surface area contributed by atoms with Crippen LogP contribution in [0, 0.1) is 11.6 Å². The summed E-state index contributed by atoms with van der Waals surface area (Å²) in [4.78, 5) is 21.2. The molecule has 0 amide bonds. The highest BCUT2D eigenvalue weighted by atomic mass is 19.2. The molecule has 0 aliphatic carbocycles. The van der Waals surface area contributed by atoms with Crippen LogP contribution in [0.5, 0.6) is 0 Å². The van der Waals surface area contributed by atoms with Crippen molar-refractivity contribution >= 4 is 11.9 Å². The summed E-state index contributed by atoms with van der Waals surface area (Å²) < 4.78 is 25.6. The van der Waals surface area contributed by atoms with Crippen LogP contribution >= 0.6 is 0 Å². The third kappa shape index (κ3) is 5.01. The first-order valence-electron chi connectivity index (χ1n) is 5.52. The monoisotopic (exact) mass is 273 g/mol. The zero-order valence-corrected chi connectivity index (χ0v) is 9.90. The smallest absolute Gasteiger partial charge is 0.320 e. The van der Waals surface area contributed by atoms with Gasteiger partial charge in [-0.3, -0.25) is 9.59 Å². The van der Waals surface area contributed by atoms with E-state index in [1.54, 1.807) is 0 Å². The molecule has 19 heavy (non-hydrogen) atoms. The van der Waals surface area contributed by atoms with Crippen LogP contribution < -0.4 is 5.32 Å². The molecule has 0 bridgehead atoms. The Morgan fingerprint density at radius 2 is 1.89 bits per heavy atom. The van der Waals surface area contributed by atoms with Crippen LogP contribution in [0.25, 0.3) is 0 Å². The van der Waals surface area contributed by atoms with E-state index in [4.69, 9.17) is 10.2 Å². The van der Waals surface area contributed by atoms with Gasteiger partial charge in [0, 0.05) is 13.0 Å². The van der Waals surface area contributed by atoms with Gasteiger partial charge < -0.3 is 15.5 Å². The molecule has 0 aliphatic heterocycles. The van der Waals surface area contributed by atoms with Gasteiger partial charge in [-0.15, -0.1) is 0 Å². The van der Waals surface area contributed by atoms with E-state index in [2.05, 4.69) is 5.32 Å². The molecule has 0 spiro atoms. The number of hydrogen-bond donors (Lipinski definition) is 3. The summed E-state index contributed by atoms with van der Waals surface area (Å²) in [5, 5.41) is 19.9. The van der Waals surface area contributed by atoms with Crippen LogP contribution in [0.4, 0.5) is 8.78 Å².